The number of H-pyrrole nitrogens is 1. The van der Waals surface area contributed by atoms with E-state index in [-0.39, 0.29) is 18.6 Å². The largest absolute Gasteiger partial charge is 0.382 e. The molecule has 0 spiro atoms. The van der Waals surface area contributed by atoms with Gasteiger partial charge in [0, 0.05) is 39.7 Å². The molecule has 1 unspecified atom stereocenters. The zero-order valence-corrected chi connectivity index (χ0v) is 18.4. The van der Waals surface area contributed by atoms with E-state index >= 15 is 0 Å². The molecular weight excluding hydrogens is 456 g/mol. The van der Waals surface area contributed by atoms with Crippen molar-refractivity contribution in [3.05, 3.63) is 68.8 Å². The van der Waals surface area contributed by atoms with Crippen LogP contribution in [0.3, 0.4) is 0 Å². The van der Waals surface area contributed by atoms with Gasteiger partial charge in [0.05, 0.1) is 19.3 Å². The number of carbonyl (C=O) groups excluding carboxylic acids is 1. The van der Waals surface area contributed by atoms with Gasteiger partial charge in [0.25, 0.3) is 0 Å². The summed E-state index contributed by atoms with van der Waals surface area (Å²) in [5.41, 5.74) is 4.33. The average Bonchev–Trinajstić information content (AvgIpc) is 3.08. The van der Waals surface area contributed by atoms with Crippen molar-refractivity contribution < 1.29 is 14.3 Å². The molecule has 5 nitrogen and oxygen atoms in total. The number of ether oxygens (including phenoxy) is 2. The topological polar surface area (TPSA) is 54.6 Å². The molecule has 1 aliphatic rings. The van der Waals surface area contributed by atoms with Crippen LogP contribution in [0.2, 0.25) is 5.02 Å². The Labute approximate surface area is 183 Å². The van der Waals surface area contributed by atoms with Gasteiger partial charge in [-0.05, 0) is 47.9 Å². The van der Waals surface area contributed by atoms with Crippen molar-refractivity contribution in [1.29, 1.82) is 0 Å². The minimum Gasteiger partial charge on any atom is -0.382 e. The molecule has 1 aliphatic heterocycles. The van der Waals surface area contributed by atoms with Crippen LogP contribution in [0.5, 0.6) is 0 Å². The van der Waals surface area contributed by atoms with E-state index in [0.717, 1.165) is 27.7 Å². The summed E-state index contributed by atoms with van der Waals surface area (Å²) in [7, 11) is 1.61. The maximum absolute atomic E-state index is 13.0. The average molecular weight is 478 g/mol. The molecule has 29 heavy (non-hydrogen) atoms. The van der Waals surface area contributed by atoms with Gasteiger partial charge in [-0.2, -0.15) is 0 Å². The standard InChI is InChI=1S/C22H22BrClN2O3/c1-28-9-10-29-13-20(27)26-8-7-17-18-12-15(23)5-6-19(18)25-21(17)22(26)14-3-2-4-16(24)11-14/h2-6,11-12,22,25H,7-10,13H2,1H3. The van der Waals surface area contributed by atoms with Crippen LogP contribution in [-0.4, -0.2) is 49.3 Å². The van der Waals surface area contributed by atoms with Gasteiger partial charge in [0.1, 0.15) is 6.61 Å². The van der Waals surface area contributed by atoms with E-state index in [1.165, 1.54) is 10.9 Å². The minimum atomic E-state index is -0.234. The van der Waals surface area contributed by atoms with E-state index in [1.54, 1.807) is 7.11 Å². The molecule has 3 aromatic rings. The lowest BCUT2D eigenvalue weighted by Gasteiger charge is -2.36. The predicted octanol–water partition coefficient (Wildman–Crippen LogP) is 4.72. The van der Waals surface area contributed by atoms with Crippen LogP contribution >= 0.6 is 27.5 Å². The van der Waals surface area contributed by atoms with Crippen LogP contribution in [0.15, 0.2) is 46.9 Å². The molecule has 7 heteroatoms. The maximum atomic E-state index is 13.0. The molecule has 2 aromatic carbocycles. The Morgan fingerprint density at radius 2 is 2.14 bits per heavy atom. The number of halogens is 2. The lowest BCUT2D eigenvalue weighted by atomic mass is 9.92. The zero-order valence-electron chi connectivity index (χ0n) is 16.1. The quantitative estimate of drug-likeness (QED) is 0.523. The van der Waals surface area contributed by atoms with Gasteiger partial charge in [-0.3, -0.25) is 4.79 Å². The number of rotatable bonds is 6. The van der Waals surface area contributed by atoms with Gasteiger partial charge in [0.2, 0.25) is 5.91 Å². The van der Waals surface area contributed by atoms with Gasteiger partial charge in [-0.25, -0.2) is 0 Å². The van der Waals surface area contributed by atoms with Gasteiger partial charge < -0.3 is 19.4 Å². The summed E-state index contributed by atoms with van der Waals surface area (Å²) in [5, 5.41) is 1.84. The van der Waals surface area contributed by atoms with Crippen molar-refractivity contribution in [2.75, 3.05) is 33.5 Å². The molecule has 0 aliphatic carbocycles. The lowest BCUT2D eigenvalue weighted by molar-refractivity contribution is -0.138. The molecule has 0 bridgehead atoms. The molecule has 1 amide bonds. The fraction of sp³-hybridized carbons (Fsp3) is 0.318. The van der Waals surface area contributed by atoms with Crippen LogP contribution in [0.1, 0.15) is 22.9 Å². The van der Waals surface area contributed by atoms with Crippen molar-refractivity contribution in [3.8, 4) is 0 Å². The summed E-state index contributed by atoms with van der Waals surface area (Å²) in [4.78, 5) is 18.4. The first kappa shape index (κ1) is 20.4. The van der Waals surface area contributed by atoms with E-state index in [2.05, 4.69) is 33.0 Å². The monoisotopic (exact) mass is 476 g/mol. The highest BCUT2D eigenvalue weighted by Gasteiger charge is 2.34. The molecule has 1 N–H and O–H groups in total. The summed E-state index contributed by atoms with van der Waals surface area (Å²) >= 11 is 9.85. The molecule has 4 rings (SSSR count). The fourth-order valence-corrected chi connectivity index (χ4v) is 4.50. The number of carbonyl (C=O) groups is 1. The van der Waals surface area contributed by atoms with Crippen molar-refractivity contribution in [1.82, 2.24) is 9.88 Å². The molecule has 0 radical (unpaired) electrons. The Morgan fingerprint density at radius 3 is 2.93 bits per heavy atom. The predicted molar refractivity (Wildman–Crippen MR) is 117 cm³/mol. The number of methoxy groups -OCH3 is 1. The number of amides is 1. The van der Waals surface area contributed by atoms with Crippen LogP contribution in [0.4, 0.5) is 0 Å². The first-order chi connectivity index (χ1) is 14.1. The third-order valence-corrected chi connectivity index (χ3v) is 5.96. The highest BCUT2D eigenvalue weighted by Crippen LogP contribution is 2.39. The van der Waals surface area contributed by atoms with E-state index in [9.17, 15) is 4.79 Å². The Bertz CT molecular complexity index is 1040. The van der Waals surface area contributed by atoms with Crippen LogP contribution in [0.25, 0.3) is 10.9 Å². The second-order valence-corrected chi connectivity index (χ2v) is 8.40. The molecule has 0 saturated heterocycles. The lowest BCUT2D eigenvalue weighted by Crippen LogP contribution is -2.42. The molecule has 1 atom stereocenters. The van der Waals surface area contributed by atoms with Gasteiger partial charge >= 0.3 is 0 Å². The van der Waals surface area contributed by atoms with Crippen LogP contribution in [-0.2, 0) is 20.7 Å². The normalized spacial score (nSPS) is 16.2. The summed E-state index contributed by atoms with van der Waals surface area (Å²) in [6, 6.07) is 13.7. The van der Waals surface area contributed by atoms with E-state index < -0.39 is 0 Å². The number of nitrogens with zero attached hydrogens (tertiary/aromatic N) is 1. The third-order valence-electron chi connectivity index (χ3n) is 5.23. The van der Waals surface area contributed by atoms with Crippen molar-refractivity contribution in [2.24, 2.45) is 0 Å². The number of fused-ring (bicyclic) bond motifs is 3. The molecular formula is C22H22BrClN2O3. The Morgan fingerprint density at radius 1 is 1.28 bits per heavy atom. The fourth-order valence-electron chi connectivity index (χ4n) is 3.94. The summed E-state index contributed by atoms with van der Waals surface area (Å²) < 4.78 is 11.5. The van der Waals surface area contributed by atoms with E-state index in [0.29, 0.717) is 24.8 Å². The molecule has 1 aromatic heterocycles. The highest BCUT2D eigenvalue weighted by atomic mass is 79.9. The smallest absolute Gasteiger partial charge is 0.249 e. The number of aromatic amines is 1. The number of hydrogen-bond acceptors (Lipinski definition) is 3. The Balaban J connectivity index is 1.73. The van der Waals surface area contributed by atoms with Crippen LogP contribution < -0.4 is 0 Å². The van der Waals surface area contributed by atoms with Gasteiger partial charge in [0.15, 0.2) is 0 Å². The summed E-state index contributed by atoms with van der Waals surface area (Å²) in [5.74, 6) is -0.0448. The third kappa shape index (κ3) is 4.21. The number of benzene rings is 2. The molecule has 0 fully saturated rings. The van der Waals surface area contributed by atoms with Gasteiger partial charge in [-0.15, -0.1) is 0 Å². The second kappa shape index (κ2) is 8.88. The van der Waals surface area contributed by atoms with Crippen molar-refractivity contribution >= 4 is 44.3 Å². The number of nitrogens with one attached hydrogen (secondary N) is 1. The number of aromatic nitrogens is 1. The molecule has 152 valence electrons. The maximum Gasteiger partial charge on any atom is 0.249 e. The van der Waals surface area contributed by atoms with Gasteiger partial charge in [-0.1, -0.05) is 39.7 Å². The second-order valence-electron chi connectivity index (χ2n) is 7.05. The minimum absolute atomic E-state index is 0.0293. The first-order valence-electron chi connectivity index (χ1n) is 9.50. The Hall–Kier alpha value is -1.86. The molecule has 0 saturated carbocycles. The van der Waals surface area contributed by atoms with Crippen LogP contribution in [0, 0.1) is 0 Å². The number of hydrogen-bond donors (Lipinski definition) is 1. The SMILES string of the molecule is COCCOCC(=O)N1CCc2c([nH]c3ccc(Br)cc23)C1c1cccc(Cl)c1. The summed E-state index contributed by atoms with van der Waals surface area (Å²) in [6.45, 7) is 1.51. The summed E-state index contributed by atoms with van der Waals surface area (Å²) in [6.07, 6.45) is 0.784. The highest BCUT2D eigenvalue weighted by molar-refractivity contribution is 9.10. The first-order valence-corrected chi connectivity index (χ1v) is 10.7. The Kier molecular flexibility index (Phi) is 6.25. The van der Waals surface area contributed by atoms with E-state index in [1.807, 2.05) is 35.2 Å². The van der Waals surface area contributed by atoms with Crippen molar-refractivity contribution in [3.63, 3.8) is 0 Å². The molecule has 2 heterocycles. The van der Waals surface area contributed by atoms with Crippen molar-refractivity contribution in [2.45, 2.75) is 12.5 Å². The van der Waals surface area contributed by atoms with E-state index in [4.69, 9.17) is 21.1 Å². The zero-order chi connectivity index (χ0) is 20.4.